The van der Waals surface area contributed by atoms with Gasteiger partial charge in [-0.05, 0) is 24.3 Å². The maximum absolute atomic E-state index is 9.75. The van der Waals surface area contributed by atoms with Crippen molar-refractivity contribution in [2.24, 2.45) is 0 Å². The monoisotopic (exact) mass is 246 g/mol. The largest absolute Gasteiger partial charge is 0.508 e. The minimum absolute atomic E-state index is 0.120. The third-order valence-corrected chi connectivity index (χ3v) is 2.50. The lowest BCUT2D eigenvalue weighted by atomic mass is 10.2. The summed E-state index contributed by atoms with van der Waals surface area (Å²) in [5, 5.41) is 19.0. The second-order valence-corrected chi connectivity index (χ2v) is 3.78. The molecular weight excluding hydrogens is 232 g/mol. The normalized spacial score (nSPS) is 10.1. The van der Waals surface area contributed by atoms with Gasteiger partial charge in [-0.3, -0.25) is 0 Å². The number of rotatable bonds is 4. The number of benzene rings is 2. The van der Waals surface area contributed by atoms with E-state index in [4.69, 9.17) is 9.47 Å². The molecule has 2 aromatic rings. The van der Waals surface area contributed by atoms with E-state index in [-0.39, 0.29) is 18.1 Å². The van der Waals surface area contributed by atoms with Crippen molar-refractivity contribution in [3.05, 3.63) is 48.0 Å². The quantitative estimate of drug-likeness (QED) is 0.870. The lowest BCUT2D eigenvalue weighted by molar-refractivity contribution is 0.297. The van der Waals surface area contributed by atoms with Gasteiger partial charge in [-0.15, -0.1) is 0 Å². The van der Waals surface area contributed by atoms with Crippen LogP contribution in [0.4, 0.5) is 0 Å². The molecule has 0 saturated heterocycles. The van der Waals surface area contributed by atoms with E-state index in [0.717, 1.165) is 0 Å². The molecule has 18 heavy (non-hydrogen) atoms. The van der Waals surface area contributed by atoms with Crippen molar-refractivity contribution in [2.75, 3.05) is 7.11 Å². The van der Waals surface area contributed by atoms with E-state index in [1.807, 2.05) is 0 Å². The first kappa shape index (κ1) is 12.1. The molecule has 0 heterocycles. The van der Waals surface area contributed by atoms with E-state index in [1.54, 1.807) is 30.3 Å². The second kappa shape index (κ2) is 5.31. The standard InChI is InChI=1S/C14H14O4/c1-17-12-6-5-10(14(16)8-12)9-18-13-4-2-3-11(15)7-13/h2-8,15-16H,9H2,1H3. The average Bonchev–Trinajstić information content (AvgIpc) is 2.37. The van der Waals surface area contributed by atoms with Gasteiger partial charge < -0.3 is 19.7 Å². The summed E-state index contributed by atoms with van der Waals surface area (Å²) >= 11 is 0. The Bertz CT molecular complexity index is 537. The summed E-state index contributed by atoms with van der Waals surface area (Å²) in [7, 11) is 1.54. The third-order valence-electron chi connectivity index (χ3n) is 2.50. The smallest absolute Gasteiger partial charge is 0.125 e. The van der Waals surface area contributed by atoms with Gasteiger partial charge in [0.1, 0.15) is 29.6 Å². The molecule has 0 unspecified atom stereocenters. The summed E-state index contributed by atoms with van der Waals surface area (Å²) < 4.78 is 10.5. The molecule has 2 rings (SSSR count). The zero-order valence-electron chi connectivity index (χ0n) is 9.96. The Labute approximate surface area is 105 Å². The molecule has 0 aromatic heterocycles. The van der Waals surface area contributed by atoms with Crippen LogP contribution in [0.3, 0.4) is 0 Å². The topological polar surface area (TPSA) is 58.9 Å². The van der Waals surface area contributed by atoms with E-state index < -0.39 is 0 Å². The molecule has 0 saturated carbocycles. The molecule has 0 amide bonds. The first-order valence-corrected chi connectivity index (χ1v) is 5.47. The van der Waals surface area contributed by atoms with Crippen LogP contribution in [0, 0.1) is 0 Å². The number of hydrogen-bond acceptors (Lipinski definition) is 4. The molecule has 0 radical (unpaired) electrons. The van der Waals surface area contributed by atoms with Crippen LogP contribution in [0.25, 0.3) is 0 Å². The van der Waals surface area contributed by atoms with Gasteiger partial charge in [-0.1, -0.05) is 6.07 Å². The lowest BCUT2D eigenvalue weighted by Gasteiger charge is -2.09. The molecule has 0 atom stereocenters. The average molecular weight is 246 g/mol. The number of methoxy groups -OCH3 is 1. The first-order chi connectivity index (χ1) is 8.69. The Morgan fingerprint density at radius 2 is 1.83 bits per heavy atom. The fourth-order valence-electron chi connectivity index (χ4n) is 1.53. The highest BCUT2D eigenvalue weighted by atomic mass is 16.5. The summed E-state index contributed by atoms with van der Waals surface area (Å²) in [5.41, 5.74) is 0.652. The molecule has 4 nitrogen and oxygen atoms in total. The zero-order valence-corrected chi connectivity index (χ0v) is 9.96. The molecule has 0 bridgehead atoms. The van der Waals surface area contributed by atoms with E-state index in [9.17, 15) is 10.2 Å². The van der Waals surface area contributed by atoms with Crippen molar-refractivity contribution < 1.29 is 19.7 Å². The van der Waals surface area contributed by atoms with Gasteiger partial charge in [0.25, 0.3) is 0 Å². The number of phenolic OH excluding ortho intramolecular Hbond substituents is 2. The minimum atomic E-state index is 0.120. The predicted octanol–water partition coefficient (Wildman–Crippen LogP) is 2.69. The molecule has 0 aliphatic carbocycles. The highest BCUT2D eigenvalue weighted by Gasteiger charge is 2.04. The van der Waals surface area contributed by atoms with Crippen molar-refractivity contribution in [3.8, 4) is 23.0 Å². The van der Waals surface area contributed by atoms with Gasteiger partial charge in [-0.25, -0.2) is 0 Å². The Morgan fingerprint density at radius 1 is 1.00 bits per heavy atom. The third kappa shape index (κ3) is 2.85. The molecule has 0 spiro atoms. The number of aromatic hydroxyl groups is 2. The maximum Gasteiger partial charge on any atom is 0.125 e. The van der Waals surface area contributed by atoms with Crippen molar-refractivity contribution in [3.63, 3.8) is 0 Å². The number of hydrogen-bond donors (Lipinski definition) is 2. The van der Waals surface area contributed by atoms with E-state index in [0.29, 0.717) is 17.1 Å². The summed E-state index contributed by atoms with van der Waals surface area (Å²) in [6.45, 7) is 0.222. The molecular formula is C14H14O4. The predicted molar refractivity (Wildman–Crippen MR) is 67.1 cm³/mol. The zero-order chi connectivity index (χ0) is 13.0. The Hall–Kier alpha value is -2.36. The molecule has 0 fully saturated rings. The molecule has 2 aromatic carbocycles. The molecule has 0 aliphatic heterocycles. The molecule has 0 aliphatic rings. The molecule has 94 valence electrons. The van der Waals surface area contributed by atoms with Crippen LogP contribution in [-0.2, 0) is 6.61 Å². The van der Waals surface area contributed by atoms with Gasteiger partial charge >= 0.3 is 0 Å². The fourth-order valence-corrected chi connectivity index (χ4v) is 1.53. The second-order valence-electron chi connectivity index (χ2n) is 3.78. The van der Waals surface area contributed by atoms with Gasteiger partial charge in [0.05, 0.1) is 7.11 Å². The van der Waals surface area contributed by atoms with Gasteiger partial charge in [0.2, 0.25) is 0 Å². The number of ether oxygens (including phenoxy) is 2. The van der Waals surface area contributed by atoms with Crippen LogP contribution in [0.15, 0.2) is 42.5 Å². The molecule has 4 heteroatoms. The van der Waals surface area contributed by atoms with Crippen molar-refractivity contribution in [2.45, 2.75) is 6.61 Å². The van der Waals surface area contributed by atoms with Crippen LogP contribution >= 0.6 is 0 Å². The van der Waals surface area contributed by atoms with E-state index in [1.165, 1.54) is 19.2 Å². The van der Waals surface area contributed by atoms with Crippen LogP contribution in [-0.4, -0.2) is 17.3 Å². The summed E-state index contributed by atoms with van der Waals surface area (Å²) in [6, 6.07) is 11.5. The van der Waals surface area contributed by atoms with Crippen molar-refractivity contribution in [1.82, 2.24) is 0 Å². The Kier molecular flexibility index (Phi) is 3.57. The SMILES string of the molecule is COc1ccc(COc2cccc(O)c2)c(O)c1. The van der Waals surface area contributed by atoms with E-state index in [2.05, 4.69) is 0 Å². The van der Waals surface area contributed by atoms with Crippen LogP contribution < -0.4 is 9.47 Å². The fraction of sp³-hybridized carbons (Fsp3) is 0.143. The van der Waals surface area contributed by atoms with Crippen LogP contribution in [0.2, 0.25) is 0 Å². The first-order valence-electron chi connectivity index (χ1n) is 5.47. The van der Waals surface area contributed by atoms with Gasteiger partial charge in [0.15, 0.2) is 0 Å². The molecule has 2 N–H and O–H groups in total. The highest BCUT2D eigenvalue weighted by molar-refractivity contribution is 5.40. The van der Waals surface area contributed by atoms with Crippen LogP contribution in [0.5, 0.6) is 23.0 Å². The van der Waals surface area contributed by atoms with Crippen molar-refractivity contribution >= 4 is 0 Å². The Morgan fingerprint density at radius 3 is 2.50 bits per heavy atom. The van der Waals surface area contributed by atoms with Crippen LogP contribution in [0.1, 0.15) is 5.56 Å². The Balaban J connectivity index is 2.06. The summed E-state index contributed by atoms with van der Waals surface area (Å²) in [4.78, 5) is 0. The maximum atomic E-state index is 9.75. The summed E-state index contributed by atoms with van der Waals surface area (Å²) in [5.74, 6) is 1.40. The number of phenols is 2. The highest BCUT2D eigenvalue weighted by Crippen LogP contribution is 2.25. The summed E-state index contributed by atoms with van der Waals surface area (Å²) in [6.07, 6.45) is 0. The lowest BCUT2D eigenvalue weighted by Crippen LogP contribution is -1.96. The minimum Gasteiger partial charge on any atom is -0.508 e. The van der Waals surface area contributed by atoms with Gasteiger partial charge in [0, 0.05) is 17.7 Å². The van der Waals surface area contributed by atoms with Gasteiger partial charge in [-0.2, -0.15) is 0 Å². The van der Waals surface area contributed by atoms with E-state index >= 15 is 0 Å². The van der Waals surface area contributed by atoms with Crippen molar-refractivity contribution in [1.29, 1.82) is 0 Å².